The van der Waals surface area contributed by atoms with Crippen molar-refractivity contribution in [1.82, 2.24) is 14.8 Å². The minimum atomic E-state index is -0.379. The summed E-state index contributed by atoms with van der Waals surface area (Å²) in [6.07, 6.45) is 1.48. The number of carbonyl (C=O) groups is 2. The number of amides is 1. The molecule has 0 fully saturated rings. The van der Waals surface area contributed by atoms with Crippen LogP contribution in [0.15, 0.2) is 6.33 Å². The van der Waals surface area contributed by atoms with Crippen LogP contribution < -0.4 is 5.32 Å². The maximum Gasteiger partial charge on any atom is 0.306 e. The summed E-state index contributed by atoms with van der Waals surface area (Å²) in [6.45, 7) is 2.04. The first-order chi connectivity index (χ1) is 7.63. The molecule has 1 N–H and O–H groups in total. The van der Waals surface area contributed by atoms with Crippen LogP contribution in [0.2, 0.25) is 0 Å². The average molecular weight is 226 g/mol. The molecule has 0 unspecified atom stereocenters. The third-order valence-electron chi connectivity index (χ3n) is 1.82. The van der Waals surface area contributed by atoms with Crippen LogP contribution in [-0.4, -0.2) is 33.2 Å². The van der Waals surface area contributed by atoms with Gasteiger partial charge in [-0.2, -0.15) is 10.1 Å². The summed E-state index contributed by atoms with van der Waals surface area (Å²) in [7, 11) is 1.66. The molecule has 16 heavy (non-hydrogen) atoms. The largest absolute Gasteiger partial charge is 0.466 e. The van der Waals surface area contributed by atoms with Crippen molar-refractivity contribution < 1.29 is 14.3 Å². The maximum absolute atomic E-state index is 11.4. The van der Waals surface area contributed by atoms with Crippen molar-refractivity contribution in [2.75, 3.05) is 11.9 Å². The predicted octanol–water partition coefficient (Wildman–Crippen LogP) is 0.0969. The zero-order chi connectivity index (χ0) is 12.0. The summed E-state index contributed by atoms with van der Waals surface area (Å²) in [5.74, 6) is -0.311. The highest BCUT2D eigenvalue weighted by molar-refractivity contribution is 5.91. The fourth-order valence-corrected chi connectivity index (χ4v) is 1.05. The lowest BCUT2D eigenvalue weighted by molar-refractivity contribution is -0.144. The summed E-state index contributed by atoms with van der Waals surface area (Å²) in [5, 5.41) is 6.32. The number of aromatic nitrogens is 3. The molecule has 7 nitrogen and oxygen atoms in total. The number of hydrogen-bond acceptors (Lipinski definition) is 5. The van der Waals surface area contributed by atoms with Crippen molar-refractivity contribution in [3.63, 3.8) is 0 Å². The first-order valence-corrected chi connectivity index (χ1v) is 4.93. The average Bonchev–Trinajstić information content (AvgIpc) is 2.62. The van der Waals surface area contributed by atoms with E-state index in [0.717, 1.165) is 0 Å². The highest BCUT2D eigenvalue weighted by atomic mass is 16.5. The molecule has 0 aliphatic rings. The van der Waals surface area contributed by atoms with Gasteiger partial charge in [-0.3, -0.25) is 14.9 Å². The molecule has 0 saturated heterocycles. The number of carbonyl (C=O) groups excluding carboxylic acids is 2. The van der Waals surface area contributed by atoms with E-state index in [2.05, 4.69) is 15.4 Å². The SMILES string of the molecule is CCOC(=O)CCC(=O)Nc1ncnn1C. The molecule has 0 bridgehead atoms. The Bertz CT molecular complexity index is 375. The van der Waals surface area contributed by atoms with E-state index in [-0.39, 0.29) is 24.7 Å². The Hall–Kier alpha value is -1.92. The van der Waals surface area contributed by atoms with Gasteiger partial charge in [0.25, 0.3) is 0 Å². The molecular weight excluding hydrogens is 212 g/mol. The molecule has 7 heteroatoms. The van der Waals surface area contributed by atoms with Gasteiger partial charge < -0.3 is 4.74 Å². The number of nitrogens with zero attached hydrogens (tertiary/aromatic N) is 3. The van der Waals surface area contributed by atoms with Gasteiger partial charge in [0.2, 0.25) is 11.9 Å². The first-order valence-electron chi connectivity index (χ1n) is 4.93. The van der Waals surface area contributed by atoms with Crippen molar-refractivity contribution in [2.24, 2.45) is 7.05 Å². The van der Waals surface area contributed by atoms with E-state index in [1.807, 2.05) is 0 Å². The normalized spacial score (nSPS) is 9.88. The Balaban J connectivity index is 2.32. The number of anilines is 1. The molecule has 1 heterocycles. The fourth-order valence-electron chi connectivity index (χ4n) is 1.05. The minimum Gasteiger partial charge on any atom is -0.466 e. The third kappa shape index (κ3) is 3.68. The lowest BCUT2D eigenvalue weighted by Gasteiger charge is -2.03. The van der Waals surface area contributed by atoms with Crippen molar-refractivity contribution in [3.05, 3.63) is 6.33 Å². The van der Waals surface area contributed by atoms with E-state index < -0.39 is 0 Å². The van der Waals surface area contributed by atoms with Gasteiger partial charge in [-0.25, -0.2) is 4.68 Å². The second kappa shape index (κ2) is 5.84. The number of hydrogen-bond donors (Lipinski definition) is 1. The first kappa shape index (κ1) is 12.2. The van der Waals surface area contributed by atoms with Crippen LogP contribution >= 0.6 is 0 Å². The topological polar surface area (TPSA) is 86.1 Å². The maximum atomic E-state index is 11.4. The predicted molar refractivity (Wildman–Crippen MR) is 55.5 cm³/mol. The lowest BCUT2D eigenvalue weighted by Crippen LogP contribution is -2.17. The molecule has 0 saturated carbocycles. The van der Waals surface area contributed by atoms with Gasteiger partial charge in [0, 0.05) is 13.5 Å². The van der Waals surface area contributed by atoms with Crippen LogP contribution in [0.25, 0.3) is 0 Å². The van der Waals surface area contributed by atoms with Gasteiger partial charge >= 0.3 is 5.97 Å². The Morgan fingerprint density at radius 2 is 2.25 bits per heavy atom. The summed E-state index contributed by atoms with van der Waals surface area (Å²) in [6, 6.07) is 0. The van der Waals surface area contributed by atoms with E-state index in [1.54, 1.807) is 14.0 Å². The molecule has 0 aliphatic heterocycles. The van der Waals surface area contributed by atoms with Crippen LogP contribution in [-0.2, 0) is 21.4 Å². The van der Waals surface area contributed by atoms with E-state index >= 15 is 0 Å². The molecule has 1 rings (SSSR count). The van der Waals surface area contributed by atoms with E-state index in [1.165, 1.54) is 11.0 Å². The summed E-state index contributed by atoms with van der Waals surface area (Å²) in [4.78, 5) is 26.2. The number of ether oxygens (including phenoxy) is 1. The zero-order valence-electron chi connectivity index (χ0n) is 9.27. The zero-order valence-corrected chi connectivity index (χ0v) is 9.27. The molecule has 0 spiro atoms. The smallest absolute Gasteiger partial charge is 0.306 e. The molecule has 1 aromatic rings. The quantitative estimate of drug-likeness (QED) is 0.719. The van der Waals surface area contributed by atoms with E-state index in [9.17, 15) is 9.59 Å². The van der Waals surface area contributed by atoms with Crippen LogP contribution in [0.1, 0.15) is 19.8 Å². The highest BCUT2D eigenvalue weighted by Gasteiger charge is 2.09. The van der Waals surface area contributed by atoms with Gasteiger partial charge in [-0.1, -0.05) is 0 Å². The second-order valence-electron chi connectivity index (χ2n) is 3.06. The van der Waals surface area contributed by atoms with Crippen molar-refractivity contribution >= 4 is 17.8 Å². The van der Waals surface area contributed by atoms with E-state index in [0.29, 0.717) is 12.6 Å². The minimum absolute atomic E-state index is 0.0670. The summed E-state index contributed by atoms with van der Waals surface area (Å²) in [5.41, 5.74) is 0. The standard InChI is InChI=1S/C9H14N4O3/c1-3-16-8(15)5-4-7(14)12-9-10-6-11-13(9)2/h6H,3-5H2,1-2H3,(H,10,11,12,14). The van der Waals surface area contributed by atoms with E-state index in [4.69, 9.17) is 4.74 Å². The van der Waals surface area contributed by atoms with Gasteiger partial charge in [0.05, 0.1) is 13.0 Å². The van der Waals surface area contributed by atoms with Gasteiger partial charge in [0.1, 0.15) is 6.33 Å². The number of nitrogens with one attached hydrogen (secondary N) is 1. The van der Waals surface area contributed by atoms with Crippen LogP contribution in [0.3, 0.4) is 0 Å². The molecule has 0 atom stereocenters. The van der Waals surface area contributed by atoms with Crippen molar-refractivity contribution in [2.45, 2.75) is 19.8 Å². The van der Waals surface area contributed by atoms with Gasteiger partial charge in [0.15, 0.2) is 0 Å². The molecular formula is C9H14N4O3. The van der Waals surface area contributed by atoms with Crippen molar-refractivity contribution in [3.8, 4) is 0 Å². The van der Waals surface area contributed by atoms with Gasteiger partial charge in [-0.15, -0.1) is 0 Å². The molecule has 88 valence electrons. The molecule has 0 aliphatic carbocycles. The van der Waals surface area contributed by atoms with Crippen LogP contribution in [0.4, 0.5) is 5.95 Å². The lowest BCUT2D eigenvalue weighted by atomic mass is 10.3. The number of aryl methyl sites for hydroxylation is 1. The number of rotatable bonds is 5. The van der Waals surface area contributed by atoms with Gasteiger partial charge in [-0.05, 0) is 6.92 Å². The molecule has 1 aromatic heterocycles. The molecule has 1 amide bonds. The number of esters is 1. The molecule has 0 radical (unpaired) electrons. The Kier molecular flexibility index (Phi) is 4.43. The van der Waals surface area contributed by atoms with Crippen LogP contribution in [0, 0.1) is 0 Å². The Labute approximate surface area is 92.8 Å². The monoisotopic (exact) mass is 226 g/mol. The summed E-state index contributed by atoms with van der Waals surface area (Å²) < 4.78 is 6.13. The Morgan fingerprint density at radius 3 is 2.81 bits per heavy atom. The third-order valence-corrected chi connectivity index (χ3v) is 1.82. The second-order valence-corrected chi connectivity index (χ2v) is 3.06. The van der Waals surface area contributed by atoms with Crippen molar-refractivity contribution in [1.29, 1.82) is 0 Å². The highest BCUT2D eigenvalue weighted by Crippen LogP contribution is 2.01. The summed E-state index contributed by atoms with van der Waals surface area (Å²) >= 11 is 0. The molecule has 0 aromatic carbocycles. The van der Waals surface area contributed by atoms with Crippen LogP contribution in [0.5, 0.6) is 0 Å². The fraction of sp³-hybridized carbons (Fsp3) is 0.556. The Morgan fingerprint density at radius 1 is 1.50 bits per heavy atom.